The third-order valence-corrected chi connectivity index (χ3v) is 2.29. The minimum absolute atomic E-state index is 0.500. The lowest BCUT2D eigenvalue weighted by atomic mass is 10.3. The first kappa shape index (κ1) is 14.0. The summed E-state index contributed by atoms with van der Waals surface area (Å²) in [6.07, 6.45) is 1.30. The van der Waals surface area contributed by atoms with Crippen LogP contribution in [0.4, 0.5) is 0 Å². The van der Waals surface area contributed by atoms with Crippen molar-refractivity contribution in [3.63, 3.8) is 0 Å². The molecular formula is C9H21NO2. The molecule has 0 aliphatic rings. The van der Waals surface area contributed by atoms with Crippen molar-refractivity contribution in [3.05, 3.63) is 0 Å². The van der Waals surface area contributed by atoms with Gasteiger partial charge in [0.25, 0.3) is 0 Å². The molecule has 0 aromatic heterocycles. The van der Waals surface area contributed by atoms with Crippen molar-refractivity contribution in [2.45, 2.75) is 27.2 Å². The molecular weight excluding hydrogens is 154 g/mol. The van der Waals surface area contributed by atoms with Crippen LogP contribution in [0.1, 0.15) is 27.2 Å². The molecule has 3 heteroatoms. The predicted octanol–water partition coefficient (Wildman–Crippen LogP) is 0.249. The van der Waals surface area contributed by atoms with Gasteiger partial charge in [-0.25, -0.2) is 0 Å². The first-order chi connectivity index (χ1) is 5.60. The molecule has 0 unspecified atom stereocenters. The molecule has 12 heavy (non-hydrogen) atoms. The van der Waals surface area contributed by atoms with E-state index in [9.17, 15) is 0 Å². The minimum atomic E-state index is -0.500. The lowest BCUT2D eigenvalue weighted by molar-refractivity contribution is -0.906. The van der Waals surface area contributed by atoms with Gasteiger partial charge in [-0.15, -0.1) is 0 Å². The standard InChI is InChI=1S/C8H20N.CH2O2/c1-5-8-9(4,6-2)7-3;2-1-3/h5-8H2,1-4H3;1H,(H,2,3)/q+1;/p-1. The van der Waals surface area contributed by atoms with Crippen LogP contribution in [0.25, 0.3) is 0 Å². The Morgan fingerprint density at radius 3 is 1.67 bits per heavy atom. The maximum absolute atomic E-state index is 8.25. The Balaban J connectivity index is 0. The van der Waals surface area contributed by atoms with Gasteiger partial charge in [0.1, 0.15) is 0 Å². The van der Waals surface area contributed by atoms with Crippen LogP contribution >= 0.6 is 0 Å². The monoisotopic (exact) mass is 175 g/mol. The molecule has 0 rings (SSSR count). The Bertz CT molecular complexity index is 101. The number of hydrogen-bond donors (Lipinski definition) is 0. The van der Waals surface area contributed by atoms with Crippen molar-refractivity contribution in [1.29, 1.82) is 0 Å². The molecule has 3 nitrogen and oxygen atoms in total. The molecule has 0 radical (unpaired) electrons. The average molecular weight is 175 g/mol. The smallest absolute Gasteiger partial charge is 0.0781 e. The van der Waals surface area contributed by atoms with E-state index in [0.717, 1.165) is 0 Å². The highest BCUT2D eigenvalue weighted by molar-refractivity contribution is 5.29. The molecule has 0 aromatic rings. The summed E-state index contributed by atoms with van der Waals surface area (Å²) < 4.78 is 1.23. The zero-order valence-electron chi connectivity index (χ0n) is 8.67. The molecule has 0 aromatic carbocycles. The summed E-state index contributed by atoms with van der Waals surface area (Å²) in [6.45, 7) is 10.1. The zero-order valence-corrected chi connectivity index (χ0v) is 8.67. The maximum Gasteiger partial charge on any atom is 0.0781 e. The largest absolute Gasteiger partial charge is 0.554 e. The quantitative estimate of drug-likeness (QED) is 0.454. The Kier molecular flexibility index (Phi) is 9.93. The summed E-state index contributed by atoms with van der Waals surface area (Å²) in [7, 11) is 2.32. The number of carbonyl (C=O) groups is 1. The molecule has 0 aliphatic heterocycles. The van der Waals surface area contributed by atoms with Gasteiger partial charge in [0.05, 0.1) is 26.7 Å². The molecule has 0 fully saturated rings. The predicted molar refractivity (Wildman–Crippen MR) is 48.5 cm³/mol. The van der Waals surface area contributed by atoms with Gasteiger partial charge >= 0.3 is 0 Å². The number of nitrogens with zero attached hydrogens (tertiary/aromatic N) is 1. The van der Waals surface area contributed by atoms with Crippen LogP contribution < -0.4 is 5.11 Å². The van der Waals surface area contributed by atoms with Crippen molar-refractivity contribution in [2.75, 3.05) is 26.7 Å². The van der Waals surface area contributed by atoms with Gasteiger partial charge in [-0.05, 0) is 20.3 Å². The Morgan fingerprint density at radius 1 is 1.25 bits per heavy atom. The van der Waals surface area contributed by atoms with Crippen molar-refractivity contribution < 1.29 is 14.4 Å². The molecule has 0 aliphatic carbocycles. The third kappa shape index (κ3) is 7.54. The number of carbonyl (C=O) groups excluding carboxylic acids is 1. The molecule has 0 saturated carbocycles. The van der Waals surface area contributed by atoms with Crippen molar-refractivity contribution in [2.24, 2.45) is 0 Å². The van der Waals surface area contributed by atoms with E-state index in [1.165, 1.54) is 30.5 Å². The fourth-order valence-corrected chi connectivity index (χ4v) is 1.08. The van der Waals surface area contributed by atoms with E-state index in [1.54, 1.807) is 0 Å². The zero-order chi connectivity index (χ0) is 10.0. The van der Waals surface area contributed by atoms with Crippen LogP contribution in [0.2, 0.25) is 0 Å². The van der Waals surface area contributed by atoms with E-state index in [-0.39, 0.29) is 0 Å². The highest BCUT2D eigenvalue weighted by Gasteiger charge is 2.13. The van der Waals surface area contributed by atoms with Crippen molar-refractivity contribution in [3.8, 4) is 0 Å². The van der Waals surface area contributed by atoms with Gasteiger partial charge in [0.15, 0.2) is 0 Å². The summed E-state index contributed by atoms with van der Waals surface area (Å²) in [5.41, 5.74) is 0. The lowest BCUT2D eigenvalue weighted by Gasteiger charge is -2.31. The van der Waals surface area contributed by atoms with E-state index in [2.05, 4.69) is 27.8 Å². The van der Waals surface area contributed by atoms with Gasteiger partial charge < -0.3 is 14.4 Å². The van der Waals surface area contributed by atoms with E-state index in [4.69, 9.17) is 9.90 Å². The molecule has 0 amide bonds. The first-order valence-corrected chi connectivity index (χ1v) is 4.49. The second-order valence-electron chi connectivity index (χ2n) is 3.07. The van der Waals surface area contributed by atoms with Crippen LogP contribution in [0, 0.1) is 0 Å². The first-order valence-electron chi connectivity index (χ1n) is 4.49. The molecule has 0 heterocycles. The molecule has 0 bridgehead atoms. The second kappa shape index (κ2) is 8.53. The summed E-state index contributed by atoms with van der Waals surface area (Å²) in [5.74, 6) is 0. The van der Waals surface area contributed by atoms with Crippen molar-refractivity contribution >= 4 is 6.47 Å². The molecule has 74 valence electrons. The Labute approximate surface area is 75.6 Å². The van der Waals surface area contributed by atoms with Gasteiger partial charge in [0.2, 0.25) is 0 Å². The van der Waals surface area contributed by atoms with Gasteiger partial charge in [-0.2, -0.15) is 0 Å². The third-order valence-electron chi connectivity index (χ3n) is 2.29. The molecule has 0 spiro atoms. The van der Waals surface area contributed by atoms with Crippen LogP contribution in [-0.2, 0) is 4.79 Å². The van der Waals surface area contributed by atoms with E-state index in [1.807, 2.05) is 0 Å². The Hall–Kier alpha value is -0.570. The van der Waals surface area contributed by atoms with Gasteiger partial charge in [0, 0.05) is 6.47 Å². The Morgan fingerprint density at radius 2 is 1.58 bits per heavy atom. The average Bonchev–Trinajstić information content (AvgIpc) is 2.06. The van der Waals surface area contributed by atoms with Crippen LogP contribution in [0.5, 0.6) is 0 Å². The van der Waals surface area contributed by atoms with Gasteiger partial charge in [-0.1, -0.05) is 6.92 Å². The van der Waals surface area contributed by atoms with E-state index >= 15 is 0 Å². The topological polar surface area (TPSA) is 40.1 Å². The molecule has 0 atom stereocenters. The summed E-state index contributed by atoms with van der Waals surface area (Å²) in [6, 6.07) is 0. The highest BCUT2D eigenvalue weighted by Crippen LogP contribution is 2.01. The fraction of sp³-hybridized carbons (Fsp3) is 0.889. The van der Waals surface area contributed by atoms with E-state index < -0.39 is 6.47 Å². The molecule has 0 saturated heterocycles. The van der Waals surface area contributed by atoms with Crippen molar-refractivity contribution in [1.82, 2.24) is 0 Å². The van der Waals surface area contributed by atoms with E-state index in [0.29, 0.717) is 0 Å². The number of rotatable bonds is 4. The fourth-order valence-electron chi connectivity index (χ4n) is 1.08. The highest BCUT2D eigenvalue weighted by atomic mass is 16.3. The normalized spacial score (nSPS) is 10.0. The number of hydrogen-bond acceptors (Lipinski definition) is 2. The molecule has 0 N–H and O–H groups in total. The van der Waals surface area contributed by atoms with Crippen LogP contribution in [0.15, 0.2) is 0 Å². The summed E-state index contributed by atoms with van der Waals surface area (Å²) in [5, 5.41) is 8.25. The second-order valence-corrected chi connectivity index (χ2v) is 3.07. The van der Waals surface area contributed by atoms with Gasteiger partial charge in [-0.3, -0.25) is 0 Å². The summed E-state index contributed by atoms with van der Waals surface area (Å²) in [4.78, 5) is 8.25. The SMILES string of the molecule is CCC[N+](C)(CC)CC.O=C[O-]. The maximum atomic E-state index is 8.25. The lowest BCUT2D eigenvalue weighted by Crippen LogP contribution is -2.43. The minimum Gasteiger partial charge on any atom is -0.554 e. The summed E-state index contributed by atoms with van der Waals surface area (Å²) >= 11 is 0. The van der Waals surface area contributed by atoms with Crippen LogP contribution in [0.3, 0.4) is 0 Å². The number of quaternary nitrogens is 1. The van der Waals surface area contributed by atoms with Crippen LogP contribution in [-0.4, -0.2) is 37.6 Å². The number of carboxylic acid groups (broad SMARTS) is 1.